The Morgan fingerprint density at radius 3 is 2.57 bits per heavy atom. The van der Waals surface area contributed by atoms with Crippen molar-refractivity contribution in [3.63, 3.8) is 0 Å². The van der Waals surface area contributed by atoms with Crippen molar-refractivity contribution in [2.75, 3.05) is 6.54 Å². The van der Waals surface area contributed by atoms with Crippen LogP contribution < -0.4 is 10.8 Å². The molecule has 4 nitrogen and oxygen atoms in total. The summed E-state index contributed by atoms with van der Waals surface area (Å²) in [7, 11) is 0. The second-order valence-electron chi connectivity index (χ2n) is 4.88. The summed E-state index contributed by atoms with van der Waals surface area (Å²) in [6.45, 7) is 8.69. The van der Waals surface area contributed by atoms with Crippen LogP contribution in [-0.2, 0) is 9.63 Å². The fourth-order valence-electron chi connectivity index (χ4n) is 1.45. The largest absolute Gasteiger partial charge is 0.306 e. The molecule has 1 aliphatic rings. The van der Waals surface area contributed by atoms with Gasteiger partial charge in [0.25, 0.3) is 5.91 Å². The average molecular weight is 200 g/mol. The fourth-order valence-corrected chi connectivity index (χ4v) is 1.45. The highest BCUT2D eigenvalue weighted by Gasteiger charge is 2.30. The molecule has 0 spiro atoms. The van der Waals surface area contributed by atoms with E-state index in [1.165, 1.54) is 0 Å². The first kappa shape index (κ1) is 11.5. The molecule has 0 radical (unpaired) electrons. The molecule has 0 aliphatic carbocycles. The third kappa shape index (κ3) is 3.27. The molecule has 2 N–H and O–H groups in total. The Balaban J connectivity index is 2.35. The minimum atomic E-state index is -0.336. The highest BCUT2D eigenvalue weighted by Crippen LogP contribution is 2.14. The summed E-state index contributed by atoms with van der Waals surface area (Å²) in [6, 6.07) is -0.0997. The Morgan fingerprint density at radius 2 is 2.14 bits per heavy atom. The smallest absolute Gasteiger partial charge is 0.260 e. The average Bonchev–Trinajstić information content (AvgIpc) is 2.46. The van der Waals surface area contributed by atoms with Crippen LogP contribution in [0.15, 0.2) is 0 Å². The third-order valence-electron chi connectivity index (χ3n) is 2.27. The molecular formula is C10H20N2O2. The van der Waals surface area contributed by atoms with E-state index >= 15 is 0 Å². The molecule has 1 rings (SSSR count). The molecule has 1 saturated heterocycles. The zero-order valence-electron chi connectivity index (χ0n) is 9.39. The zero-order chi connectivity index (χ0) is 10.8. The number of nitrogens with one attached hydrogen (secondary N) is 2. The van der Waals surface area contributed by atoms with E-state index in [9.17, 15) is 4.79 Å². The van der Waals surface area contributed by atoms with E-state index < -0.39 is 0 Å². The Labute approximate surface area is 85.3 Å². The van der Waals surface area contributed by atoms with Crippen molar-refractivity contribution < 1.29 is 9.63 Å². The summed E-state index contributed by atoms with van der Waals surface area (Å²) in [5.74, 6) is 0.323. The number of rotatable bonds is 2. The molecule has 2 atom stereocenters. The molecule has 0 aromatic carbocycles. The van der Waals surface area contributed by atoms with Crippen molar-refractivity contribution in [1.82, 2.24) is 10.8 Å². The lowest BCUT2D eigenvalue weighted by Crippen LogP contribution is -2.45. The maximum Gasteiger partial charge on any atom is 0.260 e. The number of carbonyl (C=O) groups excluding carboxylic acids is 1. The lowest BCUT2D eigenvalue weighted by atomic mass is 10.0. The molecule has 1 aliphatic heterocycles. The number of hydrogen-bond acceptors (Lipinski definition) is 3. The van der Waals surface area contributed by atoms with Gasteiger partial charge in [0.15, 0.2) is 0 Å². The molecule has 1 amide bonds. The van der Waals surface area contributed by atoms with Gasteiger partial charge in [0.05, 0.1) is 11.6 Å². The number of carbonyl (C=O) groups is 1. The van der Waals surface area contributed by atoms with Crippen LogP contribution in [-0.4, -0.2) is 24.1 Å². The van der Waals surface area contributed by atoms with Gasteiger partial charge in [-0.15, -0.1) is 0 Å². The van der Waals surface area contributed by atoms with Crippen LogP contribution in [0.5, 0.6) is 0 Å². The lowest BCUT2D eigenvalue weighted by molar-refractivity contribution is -0.148. The first-order chi connectivity index (χ1) is 6.40. The first-order valence-electron chi connectivity index (χ1n) is 5.11. The quantitative estimate of drug-likeness (QED) is 0.649. The van der Waals surface area contributed by atoms with Crippen LogP contribution in [0.1, 0.15) is 34.1 Å². The van der Waals surface area contributed by atoms with E-state index in [0.717, 1.165) is 13.0 Å². The van der Waals surface area contributed by atoms with Gasteiger partial charge in [-0.05, 0) is 39.7 Å². The van der Waals surface area contributed by atoms with Crippen molar-refractivity contribution in [1.29, 1.82) is 0 Å². The molecule has 82 valence electrons. The van der Waals surface area contributed by atoms with Crippen LogP contribution in [0.25, 0.3) is 0 Å². The molecule has 4 heteroatoms. The summed E-state index contributed by atoms with van der Waals surface area (Å²) >= 11 is 0. The Hall–Kier alpha value is -0.610. The van der Waals surface area contributed by atoms with Crippen LogP contribution in [0.2, 0.25) is 0 Å². The maximum atomic E-state index is 11.6. The molecule has 14 heavy (non-hydrogen) atoms. The standard InChI is InChI=1S/C10H20N2O2/c1-7-5-6-11-8(7)9(13)12-14-10(2,3)4/h7-8,11H,5-6H2,1-4H3,(H,12,13). The minimum absolute atomic E-state index is 0.0649. The SMILES string of the molecule is CC1CCNC1C(=O)NOC(C)(C)C. The van der Waals surface area contributed by atoms with Crippen LogP contribution in [0.3, 0.4) is 0 Å². The minimum Gasteiger partial charge on any atom is -0.306 e. The van der Waals surface area contributed by atoms with E-state index in [-0.39, 0.29) is 17.6 Å². The summed E-state index contributed by atoms with van der Waals surface area (Å²) < 4.78 is 0. The van der Waals surface area contributed by atoms with Crippen LogP contribution in [0.4, 0.5) is 0 Å². The van der Waals surface area contributed by atoms with Crippen molar-refractivity contribution in [3.8, 4) is 0 Å². The molecule has 0 aromatic heterocycles. The molecule has 0 aromatic rings. The summed E-state index contributed by atoms with van der Waals surface area (Å²) in [5, 5.41) is 3.15. The Kier molecular flexibility index (Phi) is 3.50. The highest BCUT2D eigenvalue weighted by molar-refractivity contribution is 5.81. The van der Waals surface area contributed by atoms with Crippen LogP contribution in [0, 0.1) is 5.92 Å². The predicted octanol–water partition coefficient (Wildman–Crippen LogP) is 0.831. The second kappa shape index (κ2) is 4.28. The van der Waals surface area contributed by atoms with Crippen LogP contribution >= 0.6 is 0 Å². The number of amides is 1. The van der Waals surface area contributed by atoms with Crippen molar-refractivity contribution in [2.24, 2.45) is 5.92 Å². The zero-order valence-corrected chi connectivity index (χ0v) is 9.39. The van der Waals surface area contributed by atoms with Crippen molar-refractivity contribution >= 4 is 5.91 Å². The summed E-state index contributed by atoms with van der Waals surface area (Å²) in [6.07, 6.45) is 1.05. The first-order valence-corrected chi connectivity index (χ1v) is 5.11. The summed E-state index contributed by atoms with van der Waals surface area (Å²) in [5.41, 5.74) is 2.16. The third-order valence-corrected chi connectivity index (χ3v) is 2.27. The van der Waals surface area contributed by atoms with Gasteiger partial charge in [-0.2, -0.15) is 0 Å². The lowest BCUT2D eigenvalue weighted by Gasteiger charge is -2.22. The molecule has 2 unspecified atom stereocenters. The Bertz CT molecular complexity index is 211. The second-order valence-corrected chi connectivity index (χ2v) is 4.88. The number of hydroxylamine groups is 1. The monoisotopic (exact) mass is 200 g/mol. The highest BCUT2D eigenvalue weighted by atomic mass is 16.7. The predicted molar refractivity (Wildman–Crippen MR) is 54.6 cm³/mol. The molecule has 1 heterocycles. The molecule has 1 fully saturated rings. The van der Waals surface area contributed by atoms with E-state index in [0.29, 0.717) is 5.92 Å². The molecule has 0 saturated carbocycles. The van der Waals surface area contributed by atoms with Gasteiger partial charge in [-0.1, -0.05) is 6.92 Å². The van der Waals surface area contributed by atoms with E-state index in [2.05, 4.69) is 17.7 Å². The van der Waals surface area contributed by atoms with Gasteiger partial charge in [-0.25, -0.2) is 5.48 Å². The van der Waals surface area contributed by atoms with Gasteiger partial charge in [0.2, 0.25) is 0 Å². The van der Waals surface area contributed by atoms with Crippen molar-refractivity contribution in [2.45, 2.75) is 45.8 Å². The topological polar surface area (TPSA) is 50.4 Å². The maximum absolute atomic E-state index is 11.6. The van der Waals surface area contributed by atoms with Gasteiger partial charge in [0, 0.05) is 0 Å². The fraction of sp³-hybridized carbons (Fsp3) is 0.900. The molecular weight excluding hydrogens is 180 g/mol. The van der Waals surface area contributed by atoms with E-state index in [4.69, 9.17) is 4.84 Å². The summed E-state index contributed by atoms with van der Waals surface area (Å²) in [4.78, 5) is 16.8. The van der Waals surface area contributed by atoms with Gasteiger partial charge in [-0.3, -0.25) is 9.63 Å². The molecule has 0 bridgehead atoms. The van der Waals surface area contributed by atoms with E-state index in [1.54, 1.807) is 0 Å². The van der Waals surface area contributed by atoms with Crippen molar-refractivity contribution in [3.05, 3.63) is 0 Å². The van der Waals surface area contributed by atoms with Gasteiger partial charge >= 0.3 is 0 Å². The Morgan fingerprint density at radius 1 is 1.50 bits per heavy atom. The van der Waals surface area contributed by atoms with Gasteiger partial charge < -0.3 is 5.32 Å². The number of hydrogen-bond donors (Lipinski definition) is 2. The van der Waals surface area contributed by atoms with Gasteiger partial charge in [0.1, 0.15) is 0 Å². The van der Waals surface area contributed by atoms with E-state index in [1.807, 2.05) is 20.8 Å². The normalized spacial score (nSPS) is 27.7.